The number of aliphatic hydroxyl groups excluding tert-OH is 1. The molecule has 9 heteroatoms. The van der Waals surface area contributed by atoms with E-state index in [2.05, 4.69) is 15.6 Å². The standard InChI is InChI=1S/C24H31N5O4/c1-4-31-22(32-5-2)24(3)21(30)20(18-13-17(26)11-12-19(18)33-24)29-23(28-15-25)27-14-16-9-7-6-8-10-16/h6-13,20-22,30H,4-5,14,26H2,1-3H3,(H2,27,28,29). The van der Waals surface area contributed by atoms with E-state index in [0.717, 1.165) is 5.56 Å². The molecule has 0 saturated heterocycles. The van der Waals surface area contributed by atoms with Crippen molar-refractivity contribution in [2.75, 3.05) is 18.9 Å². The SMILES string of the molecule is CCOC(OCC)C1(C)Oc2ccc(N)cc2C(NC(=NCc2ccccc2)NC#N)C1O. The zero-order valence-electron chi connectivity index (χ0n) is 19.1. The average molecular weight is 454 g/mol. The molecular weight excluding hydrogens is 422 g/mol. The first-order chi connectivity index (χ1) is 15.9. The number of hydrogen-bond donors (Lipinski definition) is 4. The third kappa shape index (κ3) is 5.54. The predicted molar refractivity (Wildman–Crippen MR) is 125 cm³/mol. The Hall–Kier alpha value is -3.32. The number of nitrogens with two attached hydrogens (primary N) is 1. The minimum atomic E-state index is -1.25. The van der Waals surface area contributed by atoms with Gasteiger partial charge in [0.05, 0.1) is 12.6 Å². The lowest BCUT2D eigenvalue weighted by molar-refractivity contribution is -0.254. The Morgan fingerprint density at radius 2 is 1.94 bits per heavy atom. The van der Waals surface area contributed by atoms with Gasteiger partial charge < -0.3 is 30.4 Å². The van der Waals surface area contributed by atoms with Crippen molar-refractivity contribution >= 4 is 11.6 Å². The number of ether oxygens (including phenoxy) is 3. The van der Waals surface area contributed by atoms with E-state index in [9.17, 15) is 10.4 Å². The molecular formula is C24H31N5O4. The molecule has 1 aliphatic heterocycles. The summed E-state index contributed by atoms with van der Waals surface area (Å²) in [7, 11) is 0. The first kappa shape index (κ1) is 24.3. The molecule has 0 aliphatic carbocycles. The Labute approximate surface area is 194 Å². The van der Waals surface area contributed by atoms with E-state index in [1.165, 1.54) is 0 Å². The van der Waals surface area contributed by atoms with E-state index in [-0.39, 0.29) is 5.96 Å². The van der Waals surface area contributed by atoms with Gasteiger partial charge in [0.2, 0.25) is 5.96 Å². The number of aliphatic hydroxyl groups is 1. The molecule has 0 aromatic heterocycles. The smallest absolute Gasteiger partial charge is 0.205 e. The highest BCUT2D eigenvalue weighted by molar-refractivity contribution is 5.82. The fourth-order valence-corrected chi connectivity index (χ4v) is 3.80. The summed E-state index contributed by atoms with van der Waals surface area (Å²) < 4.78 is 17.8. The van der Waals surface area contributed by atoms with Gasteiger partial charge in [-0.2, -0.15) is 5.26 Å². The second kappa shape index (κ2) is 11.0. The lowest BCUT2D eigenvalue weighted by Crippen LogP contribution is -2.63. The molecule has 3 atom stereocenters. The van der Waals surface area contributed by atoms with Crippen LogP contribution in [0, 0.1) is 11.5 Å². The topological polar surface area (TPSA) is 134 Å². The highest BCUT2D eigenvalue weighted by atomic mass is 16.7. The van der Waals surface area contributed by atoms with Crippen LogP contribution in [0.5, 0.6) is 5.75 Å². The summed E-state index contributed by atoms with van der Waals surface area (Å²) in [4.78, 5) is 4.50. The van der Waals surface area contributed by atoms with Crippen molar-refractivity contribution < 1.29 is 19.3 Å². The number of anilines is 1. The normalized spacial score (nSPS) is 22.2. The summed E-state index contributed by atoms with van der Waals surface area (Å²) in [5.74, 6) is 0.741. The average Bonchev–Trinajstić information content (AvgIpc) is 2.81. The molecule has 0 radical (unpaired) electrons. The van der Waals surface area contributed by atoms with Gasteiger partial charge in [0.15, 0.2) is 18.1 Å². The van der Waals surface area contributed by atoms with Crippen LogP contribution >= 0.6 is 0 Å². The number of hydrogen-bond acceptors (Lipinski definition) is 7. The van der Waals surface area contributed by atoms with Crippen molar-refractivity contribution in [1.82, 2.24) is 10.6 Å². The van der Waals surface area contributed by atoms with Crippen molar-refractivity contribution in [3.05, 3.63) is 59.7 Å². The lowest BCUT2D eigenvalue weighted by Gasteiger charge is -2.47. The first-order valence-electron chi connectivity index (χ1n) is 10.9. The van der Waals surface area contributed by atoms with Gasteiger partial charge in [-0.15, -0.1) is 0 Å². The molecule has 0 bridgehead atoms. The molecule has 1 heterocycles. The third-order valence-corrected chi connectivity index (χ3v) is 5.43. The van der Waals surface area contributed by atoms with E-state index >= 15 is 0 Å². The van der Waals surface area contributed by atoms with Crippen LogP contribution in [0.25, 0.3) is 0 Å². The number of nitrogens with one attached hydrogen (secondary N) is 2. The van der Waals surface area contributed by atoms with Gasteiger partial charge >= 0.3 is 0 Å². The van der Waals surface area contributed by atoms with E-state index in [0.29, 0.717) is 36.8 Å². The quantitative estimate of drug-likeness (QED) is 0.120. The molecule has 3 unspecified atom stereocenters. The van der Waals surface area contributed by atoms with Crippen LogP contribution in [0.4, 0.5) is 5.69 Å². The number of aliphatic imine (C=N–C) groups is 1. The highest BCUT2D eigenvalue weighted by Gasteiger charge is 2.52. The van der Waals surface area contributed by atoms with E-state index in [4.69, 9.17) is 19.9 Å². The van der Waals surface area contributed by atoms with Crippen LogP contribution in [0.1, 0.15) is 37.9 Å². The van der Waals surface area contributed by atoms with Gasteiger partial charge in [0.25, 0.3) is 0 Å². The van der Waals surface area contributed by atoms with Crippen LogP contribution in [-0.4, -0.2) is 42.3 Å². The summed E-state index contributed by atoms with van der Waals surface area (Å²) in [6, 6.07) is 14.1. The van der Waals surface area contributed by atoms with Crippen molar-refractivity contribution in [3.63, 3.8) is 0 Å². The molecule has 2 aromatic rings. The van der Waals surface area contributed by atoms with Crippen molar-refractivity contribution in [2.45, 2.75) is 51.4 Å². The molecule has 33 heavy (non-hydrogen) atoms. The number of nitrogens with zero attached hydrogens (tertiary/aromatic N) is 2. The van der Waals surface area contributed by atoms with Crippen LogP contribution in [0.3, 0.4) is 0 Å². The number of nitriles is 1. The number of fused-ring (bicyclic) bond motifs is 1. The van der Waals surface area contributed by atoms with Gasteiger partial charge in [-0.25, -0.2) is 4.99 Å². The van der Waals surface area contributed by atoms with Crippen LogP contribution in [0.15, 0.2) is 53.5 Å². The maximum Gasteiger partial charge on any atom is 0.205 e. The zero-order chi connectivity index (χ0) is 23.8. The number of rotatable bonds is 8. The molecule has 1 aliphatic rings. The second-order valence-electron chi connectivity index (χ2n) is 7.78. The second-order valence-corrected chi connectivity index (χ2v) is 7.78. The molecule has 0 amide bonds. The molecule has 0 fully saturated rings. The Balaban J connectivity index is 1.98. The van der Waals surface area contributed by atoms with Gasteiger partial charge in [-0.1, -0.05) is 30.3 Å². The first-order valence-corrected chi connectivity index (χ1v) is 10.9. The van der Waals surface area contributed by atoms with Crippen LogP contribution in [-0.2, 0) is 16.0 Å². The summed E-state index contributed by atoms with van der Waals surface area (Å²) in [5.41, 5.74) is 6.91. The third-order valence-electron chi connectivity index (χ3n) is 5.43. The number of nitrogen functional groups attached to an aromatic ring is 1. The largest absolute Gasteiger partial charge is 0.479 e. The summed E-state index contributed by atoms with van der Waals surface area (Å²) in [5, 5.41) is 26.5. The zero-order valence-corrected chi connectivity index (χ0v) is 19.1. The molecule has 2 aromatic carbocycles. The van der Waals surface area contributed by atoms with E-state index in [1.54, 1.807) is 25.1 Å². The van der Waals surface area contributed by atoms with Gasteiger partial charge in [0, 0.05) is 24.5 Å². The summed E-state index contributed by atoms with van der Waals surface area (Å²) in [6.07, 6.45) is -0.0574. The number of guanidine groups is 1. The Kier molecular flexibility index (Phi) is 8.11. The molecule has 3 rings (SSSR count). The molecule has 9 nitrogen and oxygen atoms in total. The Morgan fingerprint density at radius 1 is 1.24 bits per heavy atom. The maximum absolute atomic E-state index is 11.5. The fourth-order valence-electron chi connectivity index (χ4n) is 3.80. The fraction of sp³-hybridized carbons (Fsp3) is 0.417. The van der Waals surface area contributed by atoms with Crippen LogP contribution < -0.4 is 21.1 Å². The van der Waals surface area contributed by atoms with Gasteiger partial charge in [-0.3, -0.25) is 5.32 Å². The lowest BCUT2D eigenvalue weighted by atomic mass is 9.84. The van der Waals surface area contributed by atoms with Crippen molar-refractivity contribution in [3.8, 4) is 11.9 Å². The van der Waals surface area contributed by atoms with E-state index in [1.807, 2.05) is 50.4 Å². The minimum absolute atomic E-state index is 0.215. The van der Waals surface area contributed by atoms with Crippen LogP contribution in [0.2, 0.25) is 0 Å². The summed E-state index contributed by atoms with van der Waals surface area (Å²) in [6.45, 7) is 6.53. The highest BCUT2D eigenvalue weighted by Crippen LogP contribution is 2.43. The van der Waals surface area contributed by atoms with E-state index < -0.39 is 24.0 Å². The van der Waals surface area contributed by atoms with Crippen molar-refractivity contribution in [1.29, 1.82) is 5.26 Å². The van der Waals surface area contributed by atoms with Gasteiger partial charge in [0.1, 0.15) is 11.9 Å². The monoisotopic (exact) mass is 453 g/mol. The Morgan fingerprint density at radius 3 is 2.58 bits per heavy atom. The molecule has 5 N–H and O–H groups in total. The predicted octanol–water partition coefficient (Wildman–Crippen LogP) is 2.44. The Bertz CT molecular complexity index is 988. The molecule has 0 spiro atoms. The van der Waals surface area contributed by atoms with Gasteiger partial charge in [-0.05, 0) is 44.5 Å². The minimum Gasteiger partial charge on any atom is -0.479 e. The molecule has 0 saturated carbocycles. The maximum atomic E-state index is 11.5. The molecule has 176 valence electrons. The van der Waals surface area contributed by atoms with Crippen molar-refractivity contribution in [2.24, 2.45) is 4.99 Å². The number of benzene rings is 2. The summed E-state index contributed by atoms with van der Waals surface area (Å²) >= 11 is 0.